The van der Waals surface area contributed by atoms with Crippen LogP contribution in [0.2, 0.25) is 0 Å². The molecule has 18 heavy (non-hydrogen) atoms. The Morgan fingerprint density at radius 1 is 1.17 bits per heavy atom. The summed E-state index contributed by atoms with van der Waals surface area (Å²) in [6.07, 6.45) is 0. The van der Waals surface area contributed by atoms with Crippen molar-refractivity contribution in [1.82, 2.24) is 0 Å². The van der Waals surface area contributed by atoms with Crippen LogP contribution in [0.5, 0.6) is 5.75 Å². The monoisotopic (exact) mass is 312 g/mol. The Kier molecular flexibility index (Phi) is 3.97. The zero-order valence-corrected chi connectivity index (χ0v) is 11.3. The van der Waals surface area contributed by atoms with Crippen molar-refractivity contribution in [2.45, 2.75) is 13.5 Å². The molecular weight excluding hydrogens is 302 g/mol. The van der Waals surface area contributed by atoms with Crippen molar-refractivity contribution in [3.63, 3.8) is 0 Å². The smallest absolute Gasteiger partial charge is 0.146 e. The van der Waals surface area contributed by atoms with Crippen molar-refractivity contribution >= 4 is 15.9 Å². The largest absolute Gasteiger partial charge is 0.489 e. The molecule has 0 saturated carbocycles. The Bertz CT molecular complexity index is 570. The first kappa shape index (κ1) is 13.0. The molecule has 2 aromatic carbocycles. The summed E-state index contributed by atoms with van der Waals surface area (Å²) in [6, 6.07) is 9.86. The van der Waals surface area contributed by atoms with E-state index in [9.17, 15) is 8.78 Å². The molecule has 0 aliphatic heterocycles. The van der Waals surface area contributed by atoms with Crippen LogP contribution in [0.15, 0.2) is 40.9 Å². The summed E-state index contributed by atoms with van der Waals surface area (Å²) < 4.78 is 32.8. The second kappa shape index (κ2) is 5.48. The third kappa shape index (κ3) is 2.88. The number of hydrogen-bond donors (Lipinski definition) is 0. The van der Waals surface area contributed by atoms with Crippen molar-refractivity contribution < 1.29 is 13.5 Å². The van der Waals surface area contributed by atoms with Crippen LogP contribution in [0.3, 0.4) is 0 Å². The molecule has 0 heterocycles. The lowest BCUT2D eigenvalue weighted by molar-refractivity contribution is 0.292. The zero-order valence-electron chi connectivity index (χ0n) is 9.71. The molecule has 4 heteroatoms. The van der Waals surface area contributed by atoms with Crippen molar-refractivity contribution in [1.29, 1.82) is 0 Å². The molecule has 0 N–H and O–H groups in total. The molecular formula is C14H11BrF2O. The van der Waals surface area contributed by atoms with E-state index in [-0.39, 0.29) is 16.6 Å². The average molecular weight is 313 g/mol. The van der Waals surface area contributed by atoms with E-state index in [0.29, 0.717) is 5.75 Å². The van der Waals surface area contributed by atoms with E-state index in [4.69, 9.17) is 4.74 Å². The van der Waals surface area contributed by atoms with Crippen molar-refractivity contribution in [3.05, 3.63) is 63.6 Å². The highest BCUT2D eigenvalue weighted by atomic mass is 79.9. The van der Waals surface area contributed by atoms with Gasteiger partial charge in [0, 0.05) is 0 Å². The van der Waals surface area contributed by atoms with E-state index in [0.717, 1.165) is 5.56 Å². The summed E-state index contributed by atoms with van der Waals surface area (Å²) in [5.74, 6) is -0.639. The van der Waals surface area contributed by atoms with Gasteiger partial charge in [-0.05, 0) is 52.7 Å². The van der Waals surface area contributed by atoms with Crippen LogP contribution in [-0.2, 0) is 6.61 Å². The predicted octanol–water partition coefficient (Wildman–Crippen LogP) is 4.61. The van der Waals surface area contributed by atoms with Gasteiger partial charge in [-0.2, -0.15) is 0 Å². The number of rotatable bonds is 3. The second-order valence-electron chi connectivity index (χ2n) is 3.93. The fourth-order valence-corrected chi connectivity index (χ4v) is 1.93. The van der Waals surface area contributed by atoms with Gasteiger partial charge < -0.3 is 4.74 Å². The first-order valence-corrected chi connectivity index (χ1v) is 6.19. The third-order valence-electron chi connectivity index (χ3n) is 2.51. The predicted molar refractivity (Wildman–Crippen MR) is 69.6 cm³/mol. The van der Waals surface area contributed by atoms with Gasteiger partial charge in [0.15, 0.2) is 0 Å². The summed E-state index contributed by atoms with van der Waals surface area (Å²) in [6.45, 7) is 1.79. The lowest BCUT2D eigenvalue weighted by Gasteiger charge is -2.09. The van der Waals surface area contributed by atoms with Crippen molar-refractivity contribution in [2.24, 2.45) is 0 Å². The number of benzene rings is 2. The van der Waals surface area contributed by atoms with Gasteiger partial charge in [0.25, 0.3) is 0 Å². The number of ether oxygens (including phenoxy) is 1. The van der Waals surface area contributed by atoms with Gasteiger partial charge in [-0.15, -0.1) is 0 Å². The fourth-order valence-electron chi connectivity index (χ4n) is 1.56. The standard InChI is InChI=1S/C14H11BrF2O/c1-9-3-2-4-10(7-9)18-8-11-13(16)6-5-12(15)14(11)17/h2-7H,8H2,1H3. The van der Waals surface area contributed by atoms with Crippen LogP contribution in [0.25, 0.3) is 0 Å². The molecule has 0 fully saturated rings. The molecule has 0 saturated heterocycles. The zero-order chi connectivity index (χ0) is 13.1. The number of aryl methyl sites for hydroxylation is 1. The topological polar surface area (TPSA) is 9.23 Å². The summed E-state index contributed by atoms with van der Waals surface area (Å²) in [5.41, 5.74) is 0.952. The Balaban J connectivity index is 2.18. The lowest BCUT2D eigenvalue weighted by Crippen LogP contribution is -2.02. The molecule has 0 amide bonds. The van der Waals surface area contributed by atoms with Crippen LogP contribution in [-0.4, -0.2) is 0 Å². The molecule has 2 aromatic rings. The van der Waals surface area contributed by atoms with Gasteiger partial charge in [0.1, 0.15) is 24.0 Å². The minimum Gasteiger partial charge on any atom is -0.489 e. The van der Waals surface area contributed by atoms with Crippen molar-refractivity contribution in [2.75, 3.05) is 0 Å². The SMILES string of the molecule is Cc1cccc(OCc2c(F)ccc(Br)c2F)c1. The molecule has 0 radical (unpaired) electrons. The Morgan fingerprint density at radius 2 is 1.94 bits per heavy atom. The van der Waals surface area contributed by atoms with Gasteiger partial charge in [-0.1, -0.05) is 12.1 Å². The van der Waals surface area contributed by atoms with E-state index in [1.807, 2.05) is 25.1 Å². The maximum Gasteiger partial charge on any atom is 0.146 e. The average Bonchev–Trinajstić information content (AvgIpc) is 2.34. The van der Waals surface area contributed by atoms with E-state index in [2.05, 4.69) is 15.9 Å². The highest BCUT2D eigenvalue weighted by molar-refractivity contribution is 9.10. The molecule has 2 rings (SSSR count). The van der Waals surface area contributed by atoms with Crippen LogP contribution in [0.4, 0.5) is 8.78 Å². The maximum atomic E-state index is 13.7. The van der Waals surface area contributed by atoms with Crippen LogP contribution < -0.4 is 4.74 Å². The number of halogens is 3. The van der Waals surface area contributed by atoms with Crippen LogP contribution >= 0.6 is 15.9 Å². The summed E-state index contributed by atoms with van der Waals surface area (Å²) >= 11 is 3.02. The highest BCUT2D eigenvalue weighted by Gasteiger charge is 2.12. The Hall–Kier alpha value is -1.42. The summed E-state index contributed by atoms with van der Waals surface area (Å²) in [4.78, 5) is 0. The van der Waals surface area contributed by atoms with Gasteiger partial charge in [0.2, 0.25) is 0 Å². The highest BCUT2D eigenvalue weighted by Crippen LogP contribution is 2.23. The van der Waals surface area contributed by atoms with Gasteiger partial charge in [-0.3, -0.25) is 0 Å². The van der Waals surface area contributed by atoms with E-state index >= 15 is 0 Å². The summed E-state index contributed by atoms with van der Waals surface area (Å²) in [5, 5.41) is 0. The number of hydrogen-bond acceptors (Lipinski definition) is 1. The molecule has 94 valence electrons. The van der Waals surface area contributed by atoms with E-state index in [1.54, 1.807) is 6.07 Å². The first-order chi connectivity index (χ1) is 8.58. The van der Waals surface area contributed by atoms with Gasteiger partial charge in [-0.25, -0.2) is 8.78 Å². The molecule has 0 unspecified atom stereocenters. The second-order valence-corrected chi connectivity index (χ2v) is 4.78. The minimum atomic E-state index is -0.623. The van der Waals surface area contributed by atoms with Gasteiger partial charge >= 0.3 is 0 Å². The molecule has 0 bridgehead atoms. The van der Waals surface area contributed by atoms with Crippen LogP contribution in [0.1, 0.15) is 11.1 Å². The Morgan fingerprint density at radius 3 is 2.67 bits per heavy atom. The molecule has 0 aromatic heterocycles. The van der Waals surface area contributed by atoms with Crippen LogP contribution in [0, 0.1) is 18.6 Å². The van der Waals surface area contributed by atoms with Crippen molar-refractivity contribution in [3.8, 4) is 5.75 Å². The lowest BCUT2D eigenvalue weighted by atomic mass is 10.2. The molecule has 0 aliphatic carbocycles. The van der Waals surface area contributed by atoms with E-state index in [1.165, 1.54) is 12.1 Å². The quantitative estimate of drug-likeness (QED) is 0.752. The maximum absolute atomic E-state index is 13.7. The molecule has 0 spiro atoms. The summed E-state index contributed by atoms with van der Waals surface area (Å²) in [7, 11) is 0. The third-order valence-corrected chi connectivity index (χ3v) is 3.12. The fraction of sp³-hybridized carbons (Fsp3) is 0.143. The molecule has 0 aliphatic rings. The Labute approximate surface area is 113 Å². The van der Waals surface area contributed by atoms with E-state index < -0.39 is 11.6 Å². The minimum absolute atomic E-state index is 0.0779. The first-order valence-electron chi connectivity index (χ1n) is 5.40. The van der Waals surface area contributed by atoms with Gasteiger partial charge in [0.05, 0.1) is 10.0 Å². The molecule has 1 nitrogen and oxygen atoms in total. The molecule has 0 atom stereocenters. The normalized spacial score (nSPS) is 10.4.